The van der Waals surface area contributed by atoms with E-state index in [-0.39, 0.29) is 5.91 Å². The standard InChI is InChI=1S/C13H14ClNO3/c1-3-18-12(16)8-9(2)15-13(17)10-4-6-11(14)7-5-10/h4-8H,3H2,1-2H3,(H,15,17). The van der Waals surface area contributed by atoms with Gasteiger partial charge in [0.25, 0.3) is 5.91 Å². The number of ether oxygens (including phenoxy) is 1. The highest BCUT2D eigenvalue weighted by molar-refractivity contribution is 6.30. The Labute approximate surface area is 111 Å². The summed E-state index contributed by atoms with van der Waals surface area (Å²) in [5, 5.41) is 3.14. The molecule has 0 bridgehead atoms. The number of allylic oxidation sites excluding steroid dienone is 1. The average Bonchev–Trinajstić information content (AvgIpc) is 2.29. The zero-order valence-corrected chi connectivity index (χ0v) is 11.0. The maximum atomic E-state index is 11.8. The van der Waals surface area contributed by atoms with Gasteiger partial charge in [-0.15, -0.1) is 0 Å². The predicted octanol–water partition coefficient (Wildman–Crippen LogP) is 2.54. The minimum absolute atomic E-state index is 0.299. The summed E-state index contributed by atoms with van der Waals surface area (Å²) in [6.45, 7) is 3.63. The fourth-order valence-corrected chi connectivity index (χ4v) is 1.38. The van der Waals surface area contributed by atoms with Gasteiger partial charge in [-0.05, 0) is 38.1 Å². The molecule has 0 radical (unpaired) electrons. The van der Waals surface area contributed by atoms with Crippen molar-refractivity contribution in [2.24, 2.45) is 0 Å². The summed E-state index contributed by atoms with van der Waals surface area (Å²) in [5.41, 5.74) is 0.893. The van der Waals surface area contributed by atoms with Crippen molar-refractivity contribution >= 4 is 23.5 Å². The summed E-state index contributed by atoms with van der Waals surface area (Å²) in [5.74, 6) is -0.781. The van der Waals surface area contributed by atoms with Gasteiger partial charge in [-0.1, -0.05) is 11.6 Å². The van der Waals surface area contributed by atoms with E-state index < -0.39 is 5.97 Å². The number of esters is 1. The van der Waals surface area contributed by atoms with Crippen LogP contribution in [-0.2, 0) is 9.53 Å². The van der Waals surface area contributed by atoms with Crippen LogP contribution in [0.3, 0.4) is 0 Å². The molecule has 1 amide bonds. The molecule has 96 valence electrons. The number of amides is 1. The summed E-state index contributed by atoms with van der Waals surface area (Å²) < 4.78 is 4.73. The van der Waals surface area contributed by atoms with Gasteiger partial charge < -0.3 is 10.1 Å². The number of rotatable bonds is 4. The normalized spacial score (nSPS) is 10.9. The first-order valence-corrected chi connectivity index (χ1v) is 5.82. The second-order valence-electron chi connectivity index (χ2n) is 3.54. The van der Waals surface area contributed by atoms with Crippen LogP contribution < -0.4 is 5.32 Å². The second-order valence-corrected chi connectivity index (χ2v) is 3.98. The molecule has 0 unspecified atom stereocenters. The summed E-state index contributed by atoms with van der Waals surface area (Å²) >= 11 is 5.72. The quantitative estimate of drug-likeness (QED) is 0.674. The molecule has 1 aromatic rings. The summed E-state index contributed by atoms with van der Waals surface area (Å²) in [4.78, 5) is 22.9. The third-order valence-corrected chi connectivity index (χ3v) is 2.29. The SMILES string of the molecule is CCOC(=O)C=C(C)NC(=O)c1ccc(Cl)cc1. The molecule has 0 aliphatic carbocycles. The third kappa shape index (κ3) is 4.59. The Morgan fingerprint density at radius 2 is 1.94 bits per heavy atom. The first-order valence-electron chi connectivity index (χ1n) is 5.45. The van der Waals surface area contributed by atoms with Gasteiger partial charge in [-0.25, -0.2) is 4.79 Å². The van der Waals surface area contributed by atoms with Gasteiger partial charge in [0.05, 0.1) is 6.61 Å². The molecule has 4 nitrogen and oxygen atoms in total. The van der Waals surface area contributed by atoms with Gasteiger partial charge >= 0.3 is 5.97 Å². The lowest BCUT2D eigenvalue weighted by molar-refractivity contribution is -0.137. The van der Waals surface area contributed by atoms with Crippen LogP contribution in [0.5, 0.6) is 0 Å². The van der Waals surface area contributed by atoms with E-state index in [1.807, 2.05) is 0 Å². The van der Waals surface area contributed by atoms with Crippen molar-refractivity contribution in [3.8, 4) is 0 Å². The number of carbonyl (C=O) groups is 2. The van der Waals surface area contributed by atoms with Crippen LogP contribution in [0.25, 0.3) is 0 Å². The largest absolute Gasteiger partial charge is 0.463 e. The molecule has 5 heteroatoms. The minimum Gasteiger partial charge on any atom is -0.463 e. The number of hydrogen-bond acceptors (Lipinski definition) is 3. The van der Waals surface area contributed by atoms with Crippen LogP contribution >= 0.6 is 11.6 Å². The molecule has 0 aromatic heterocycles. The van der Waals surface area contributed by atoms with E-state index in [2.05, 4.69) is 5.32 Å². The first-order chi connectivity index (χ1) is 8.52. The highest BCUT2D eigenvalue weighted by Gasteiger charge is 2.06. The molecule has 0 heterocycles. The Morgan fingerprint density at radius 3 is 2.50 bits per heavy atom. The molecule has 0 saturated carbocycles. The van der Waals surface area contributed by atoms with E-state index in [0.717, 1.165) is 0 Å². The number of halogens is 1. The average molecular weight is 268 g/mol. The Morgan fingerprint density at radius 1 is 1.33 bits per heavy atom. The van der Waals surface area contributed by atoms with Crippen molar-refractivity contribution in [1.82, 2.24) is 5.32 Å². The van der Waals surface area contributed by atoms with E-state index in [4.69, 9.17) is 16.3 Å². The van der Waals surface area contributed by atoms with E-state index in [1.165, 1.54) is 6.08 Å². The summed E-state index contributed by atoms with van der Waals surface area (Å²) in [6, 6.07) is 6.46. The van der Waals surface area contributed by atoms with Crippen molar-refractivity contribution in [3.05, 3.63) is 46.6 Å². The molecular formula is C13H14ClNO3. The van der Waals surface area contributed by atoms with Crippen LogP contribution in [-0.4, -0.2) is 18.5 Å². The fraction of sp³-hybridized carbons (Fsp3) is 0.231. The van der Waals surface area contributed by atoms with Gasteiger partial charge in [-0.3, -0.25) is 4.79 Å². The van der Waals surface area contributed by atoms with Crippen molar-refractivity contribution < 1.29 is 14.3 Å². The first kappa shape index (κ1) is 14.3. The Bertz CT molecular complexity index is 466. The van der Waals surface area contributed by atoms with Crippen molar-refractivity contribution in [1.29, 1.82) is 0 Å². The van der Waals surface area contributed by atoms with E-state index in [1.54, 1.807) is 38.1 Å². The van der Waals surface area contributed by atoms with Crippen molar-refractivity contribution in [3.63, 3.8) is 0 Å². The molecule has 0 atom stereocenters. The van der Waals surface area contributed by atoms with Gasteiger partial charge in [0, 0.05) is 22.4 Å². The third-order valence-electron chi connectivity index (χ3n) is 2.04. The van der Waals surface area contributed by atoms with Crippen LogP contribution in [0.4, 0.5) is 0 Å². The van der Waals surface area contributed by atoms with E-state index in [9.17, 15) is 9.59 Å². The highest BCUT2D eigenvalue weighted by atomic mass is 35.5. The zero-order valence-electron chi connectivity index (χ0n) is 10.2. The predicted molar refractivity (Wildman–Crippen MR) is 69.3 cm³/mol. The molecule has 1 rings (SSSR count). The lowest BCUT2D eigenvalue weighted by atomic mass is 10.2. The molecule has 0 spiro atoms. The zero-order chi connectivity index (χ0) is 13.5. The number of hydrogen-bond donors (Lipinski definition) is 1. The van der Waals surface area contributed by atoms with Crippen molar-refractivity contribution in [2.75, 3.05) is 6.61 Å². The molecule has 0 aliphatic rings. The maximum Gasteiger partial charge on any atom is 0.332 e. The summed E-state index contributed by atoms with van der Waals surface area (Å²) in [7, 11) is 0. The molecule has 1 N–H and O–H groups in total. The van der Waals surface area contributed by atoms with Crippen LogP contribution in [0.2, 0.25) is 5.02 Å². The number of benzene rings is 1. The van der Waals surface area contributed by atoms with Crippen LogP contribution in [0.15, 0.2) is 36.0 Å². The van der Waals surface area contributed by atoms with E-state index >= 15 is 0 Å². The Kier molecular flexibility index (Phi) is 5.39. The fourth-order valence-electron chi connectivity index (χ4n) is 1.25. The monoisotopic (exact) mass is 267 g/mol. The summed E-state index contributed by atoms with van der Waals surface area (Å²) in [6.07, 6.45) is 1.23. The van der Waals surface area contributed by atoms with Crippen LogP contribution in [0.1, 0.15) is 24.2 Å². The molecule has 1 aromatic carbocycles. The molecule has 18 heavy (non-hydrogen) atoms. The maximum absolute atomic E-state index is 11.8. The molecule has 0 fully saturated rings. The van der Waals surface area contributed by atoms with Gasteiger partial charge in [0.2, 0.25) is 0 Å². The van der Waals surface area contributed by atoms with Gasteiger partial charge in [0.1, 0.15) is 0 Å². The minimum atomic E-state index is -0.480. The van der Waals surface area contributed by atoms with Gasteiger partial charge in [-0.2, -0.15) is 0 Å². The lowest BCUT2D eigenvalue weighted by Crippen LogP contribution is -2.22. The van der Waals surface area contributed by atoms with Crippen molar-refractivity contribution in [2.45, 2.75) is 13.8 Å². The second kappa shape index (κ2) is 6.81. The lowest BCUT2D eigenvalue weighted by Gasteiger charge is -2.05. The van der Waals surface area contributed by atoms with Gasteiger partial charge in [0.15, 0.2) is 0 Å². The van der Waals surface area contributed by atoms with E-state index in [0.29, 0.717) is 22.9 Å². The molecule has 0 aliphatic heterocycles. The van der Waals surface area contributed by atoms with Crippen LogP contribution in [0, 0.1) is 0 Å². The molecule has 0 saturated heterocycles. The topological polar surface area (TPSA) is 55.4 Å². The molecular weight excluding hydrogens is 254 g/mol. The smallest absolute Gasteiger partial charge is 0.332 e. The number of carbonyl (C=O) groups excluding carboxylic acids is 2. The Balaban J connectivity index is 2.64. The number of nitrogens with one attached hydrogen (secondary N) is 1. The highest BCUT2D eigenvalue weighted by Crippen LogP contribution is 2.09. The Hall–Kier alpha value is -1.81.